The van der Waals surface area contributed by atoms with E-state index in [-0.39, 0.29) is 6.08 Å². The molecule has 2 heterocycles. The standard InChI is InChI=1S/C8H8ClN3O2/c1-5-2-7(12-11-5)14-8-10-6(3-9)4-13-8/h2,4H,3H2,1H3,(H,11,12). The summed E-state index contributed by atoms with van der Waals surface area (Å²) in [6, 6.07) is 1.74. The lowest BCUT2D eigenvalue weighted by atomic mass is 10.5. The first-order chi connectivity index (χ1) is 6.78. The van der Waals surface area contributed by atoms with Crippen molar-refractivity contribution in [2.45, 2.75) is 12.8 Å². The highest BCUT2D eigenvalue weighted by molar-refractivity contribution is 6.16. The van der Waals surface area contributed by atoms with Crippen molar-refractivity contribution in [3.05, 3.63) is 23.7 Å². The monoisotopic (exact) mass is 213 g/mol. The molecule has 0 aliphatic carbocycles. The highest BCUT2D eigenvalue weighted by Crippen LogP contribution is 2.19. The molecule has 2 aromatic heterocycles. The molecule has 0 fully saturated rings. The smallest absolute Gasteiger partial charge is 0.400 e. The molecule has 0 unspecified atom stereocenters. The van der Waals surface area contributed by atoms with E-state index in [1.807, 2.05) is 6.92 Å². The molecule has 0 saturated carbocycles. The topological polar surface area (TPSA) is 63.9 Å². The average molecular weight is 214 g/mol. The SMILES string of the molecule is Cc1cc(Oc2nc(CCl)co2)n[nH]1. The largest absolute Gasteiger partial charge is 0.417 e. The van der Waals surface area contributed by atoms with Crippen LogP contribution < -0.4 is 4.74 Å². The van der Waals surface area contributed by atoms with Crippen LogP contribution in [0, 0.1) is 6.92 Å². The third kappa shape index (κ3) is 1.88. The molecule has 0 aromatic carbocycles. The van der Waals surface area contributed by atoms with Crippen LogP contribution in [0.1, 0.15) is 11.4 Å². The molecule has 2 rings (SSSR count). The van der Waals surface area contributed by atoms with Crippen LogP contribution in [0.4, 0.5) is 0 Å². The molecule has 0 aliphatic rings. The van der Waals surface area contributed by atoms with E-state index < -0.39 is 0 Å². The van der Waals surface area contributed by atoms with Crippen molar-refractivity contribution >= 4 is 11.6 Å². The number of H-pyrrole nitrogens is 1. The second kappa shape index (κ2) is 3.71. The zero-order valence-electron chi connectivity index (χ0n) is 7.45. The molecule has 0 aliphatic heterocycles. The number of ether oxygens (including phenoxy) is 1. The second-order valence-corrected chi connectivity index (χ2v) is 3.00. The van der Waals surface area contributed by atoms with E-state index in [0.717, 1.165) is 5.69 Å². The van der Waals surface area contributed by atoms with E-state index >= 15 is 0 Å². The van der Waals surface area contributed by atoms with Crippen LogP contribution in [0.5, 0.6) is 12.0 Å². The molecule has 0 bridgehead atoms. The van der Waals surface area contributed by atoms with Gasteiger partial charge < -0.3 is 9.15 Å². The number of rotatable bonds is 3. The van der Waals surface area contributed by atoms with Crippen LogP contribution in [0.3, 0.4) is 0 Å². The Morgan fingerprint density at radius 3 is 3.07 bits per heavy atom. The van der Waals surface area contributed by atoms with Gasteiger partial charge in [-0.15, -0.1) is 16.7 Å². The van der Waals surface area contributed by atoms with Gasteiger partial charge in [0.15, 0.2) is 0 Å². The normalized spacial score (nSPS) is 10.4. The van der Waals surface area contributed by atoms with Gasteiger partial charge in [0.1, 0.15) is 6.26 Å². The third-order valence-electron chi connectivity index (χ3n) is 1.54. The number of hydrogen-bond donors (Lipinski definition) is 1. The minimum Gasteiger partial charge on any atom is -0.417 e. The van der Waals surface area contributed by atoms with Crippen molar-refractivity contribution in [2.24, 2.45) is 0 Å². The number of halogens is 1. The fourth-order valence-electron chi connectivity index (χ4n) is 0.931. The summed E-state index contributed by atoms with van der Waals surface area (Å²) in [5, 5.41) is 6.61. The number of nitrogens with one attached hydrogen (secondary N) is 1. The summed E-state index contributed by atoms with van der Waals surface area (Å²) in [6.45, 7) is 1.87. The Hall–Kier alpha value is -1.49. The van der Waals surface area contributed by atoms with E-state index in [2.05, 4.69) is 15.2 Å². The molecule has 6 heteroatoms. The number of nitrogens with zero attached hydrogens (tertiary/aromatic N) is 2. The molecule has 2 aromatic rings. The summed E-state index contributed by atoms with van der Waals surface area (Å²) >= 11 is 5.55. The predicted octanol–water partition coefficient (Wildman–Crippen LogP) is 2.24. The highest BCUT2D eigenvalue weighted by atomic mass is 35.5. The fraction of sp³-hybridized carbons (Fsp3) is 0.250. The van der Waals surface area contributed by atoms with E-state index in [0.29, 0.717) is 17.5 Å². The molecule has 5 nitrogen and oxygen atoms in total. The summed E-state index contributed by atoms with van der Waals surface area (Å²) in [7, 11) is 0. The van der Waals surface area contributed by atoms with Gasteiger partial charge in [-0.05, 0) is 6.92 Å². The Morgan fingerprint density at radius 1 is 1.64 bits per heavy atom. The average Bonchev–Trinajstić information content (AvgIpc) is 2.76. The van der Waals surface area contributed by atoms with Crippen molar-refractivity contribution in [1.29, 1.82) is 0 Å². The lowest BCUT2D eigenvalue weighted by molar-refractivity contribution is 0.321. The Morgan fingerprint density at radius 2 is 2.50 bits per heavy atom. The van der Waals surface area contributed by atoms with Crippen LogP contribution >= 0.6 is 11.6 Å². The van der Waals surface area contributed by atoms with Crippen LogP contribution in [-0.4, -0.2) is 15.2 Å². The number of aryl methyl sites for hydroxylation is 1. The summed E-state index contributed by atoms with van der Waals surface area (Å²) < 4.78 is 10.2. The van der Waals surface area contributed by atoms with Crippen LogP contribution in [-0.2, 0) is 5.88 Å². The van der Waals surface area contributed by atoms with Gasteiger partial charge in [0.05, 0.1) is 11.6 Å². The van der Waals surface area contributed by atoms with E-state index in [1.54, 1.807) is 6.07 Å². The van der Waals surface area contributed by atoms with E-state index in [1.165, 1.54) is 6.26 Å². The van der Waals surface area contributed by atoms with Gasteiger partial charge in [-0.3, -0.25) is 5.10 Å². The first-order valence-electron chi connectivity index (χ1n) is 3.98. The van der Waals surface area contributed by atoms with Crippen molar-refractivity contribution in [3.8, 4) is 12.0 Å². The Balaban J connectivity index is 2.10. The van der Waals surface area contributed by atoms with Gasteiger partial charge in [-0.1, -0.05) is 0 Å². The van der Waals surface area contributed by atoms with Crippen molar-refractivity contribution in [2.75, 3.05) is 0 Å². The lowest BCUT2D eigenvalue weighted by Crippen LogP contribution is -1.84. The number of aromatic nitrogens is 3. The van der Waals surface area contributed by atoms with Crippen LogP contribution in [0.25, 0.3) is 0 Å². The number of aromatic amines is 1. The summed E-state index contributed by atoms with van der Waals surface area (Å²) in [5.41, 5.74) is 1.54. The number of hydrogen-bond acceptors (Lipinski definition) is 4. The molecular weight excluding hydrogens is 206 g/mol. The molecule has 0 amide bonds. The quantitative estimate of drug-likeness (QED) is 0.795. The van der Waals surface area contributed by atoms with Gasteiger partial charge in [0.25, 0.3) is 0 Å². The van der Waals surface area contributed by atoms with Crippen LogP contribution in [0.15, 0.2) is 16.7 Å². The van der Waals surface area contributed by atoms with Gasteiger partial charge in [-0.2, -0.15) is 4.98 Å². The maximum absolute atomic E-state index is 5.55. The molecule has 0 spiro atoms. The Bertz CT molecular complexity index is 424. The molecule has 74 valence electrons. The lowest BCUT2D eigenvalue weighted by Gasteiger charge is -1.91. The maximum Gasteiger partial charge on any atom is 0.400 e. The Kier molecular flexibility index (Phi) is 2.41. The van der Waals surface area contributed by atoms with Gasteiger partial charge >= 0.3 is 6.08 Å². The molecule has 14 heavy (non-hydrogen) atoms. The minimum absolute atomic E-state index is 0.146. The first kappa shape index (κ1) is 9.08. The summed E-state index contributed by atoms with van der Waals surface area (Å²) in [6.07, 6.45) is 1.59. The van der Waals surface area contributed by atoms with E-state index in [4.69, 9.17) is 20.8 Å². The number of alkyl halides is 1. The molecule has 0 radical (unpaired) electrons. The fourth-order valence-corrected chi connectivity index (χ4v) is 1.05. The minimum atomic E-state index is 0.146. The Labute approximate surface area is 85.0 Å². The van der Waals surface area contributed by atoms with Gasteiger partial charge in [0.2, 0.25) is 5.88 Å². The number of oxazole rings is 1. The van der Waals surface area contributed by atoms with E-state index in [9.17, 15) is 0 Å². The zero-order valence-corrected chi connectivity index (χ0v) is 8.21. The molecule has 0 saturated heterocycles. The summed E-state index contributed by atoms with van der Waals surface area (Å²) in [5.74, 6) is 0.720. The van der Waals surface area contributed by atoms with Crippen molar-refractivity contribution in [1.82, 2.24) is 15.2 Å². The molecular formula is C8H8ClN3O2. The van der Waals surface area contributed by atoms with Crippen molar-refractivity contribution in [3.63, 3.8) is 0 Å². The first-order valence-corrected chi connectivity index (χ1v) is 4.51. The zero-order chi connectivity index (χ0) is 9.97. The second-order valence-electron chi connectivity index (χ2n) is 2.73. The molecule has 1 N–H and O–H groups in total. The third-order valence-corrected chi connectivity index (χ3v) is 1.82. The van der Waals surface area contributed by atoms with Crippen LogP contribution in [0.2, 0.25) is 0 Å². The maximum atomic E-state index is 5.55. The summed E-state index contributed by atoms with van der Waals surface area (Å²) in [4.78, 5) is 3.96. The van der Waals surface area contributed by atoms with Gasteiger partial charge in [-0.25, -0.2) is 0 Å². The highest BCUT2D eigenvalue weighted by Gasteiger charge is 2.07. The van der Waals surface area contributed by atoms with Crippen molar-refractivity contribution < 1.29 is 9.15 Å². The van der Waals surface area contributed by atoms with Gasteiger partial charge in [0, 0.05) is 11.8 Å². The predicted molar refractivity (Wildman–Crippen MR) is 49.5 cm³/mol. The molecule has 0 atom stereocenters.